The topological polar surface area (TPSA) is 82.2 Å². The van der Waals surface area contributed by atoms with Gasteiger partial charge in [-0.05, 0) is 43.2 Å². The SMILES string of the molecule is COc1cc(Cl)ccc1NC(=O)c1cnn(-c2cccc(C)c2C)c1N. The number of aryl methyl sites for hydroxylation is 1. The van der Waals surface area contributed by atoms with Crippen LogP contribution in [0.15, 0.2) is 42.6 Å². The van der Waals surface area contributed by atoms with Gasteiger partial charge in [-0.2, -0.15) is 5.10 Å². The van der Waals surface area contributed by atoms with Crippen LogP contribution in [0, 0.1) is 13.8 Å². The summed E-state index contributed by atoms with van der Waals surface area (Å²) in [5, 5.41) is 7.58. The third-order valence-electron chi connectivity index (χ3n) is 4.27. The Hall–Kier alpha value is -2.99. The number of hydrogen-bond donors (Lipinski definition) is 2. The lowest BCUT2D eigenvalue weighted by molar-refractivity contribution is 0.102. The summed E-state index contributed by atoms with van der Waals surface area (Å²) in [6.45, 7) is 4.00. The molecular formula is C19H19ClN4O2. The molecule has 6 nitrogen and oxygen atoms in total. The van der Waals surface area contributed by atoms with Gasteiger partial charge in [0.25, 0.3) is 5.91 Å². The monoisotopic (exact) mass is 370 g/mol. The minimum absolute atomic E-state index is 0.268. The molecule has 0 spiro atoms. The summed E-state index contributed by atoms with van der Waals surface area (Å²) in [5.41, 5.74) is 9.98. The minimum Gasteiger partial charge on any atom is -0.495 e. The molecular weight excluding hydrogens is 352 g/mol. The van der Waals surface area contributed by atoms with Gasteiger partial charge >= 0.3 is 0 Å². The van der Waals surface area contributed by atoms with E-state index in [1.165, 1.54) is 13.3 Å². The van der Waals surface area contributed by atoms with Crippen molar-refractivity contribution in [2.75, 3.05) is 18.2 Å². The summed E-state index contributed by atoms with van der Waals surface area (Å²) >= 11 is 5.95. The molecule has 0 unspecified atom stereocenters. The fourth-order valence-corrected chi connectivity index (χ4v) is 2.81. The number of nitrogens with two attached hydrogens (primary N) is 1. The van der Waals surface area contributed by atoms with Gasteiger partial charge < -0.3 is 15.8 Å². The van der Waals surface area contributed by atoms with E-state index in [2.05, 4.69) is 10.4 Å². The molecule has 26 heavy (non-hydrogen) atoms. The molecule has 0 atom stereocenters. The molecule has 0 aliphatic carbocycles. The summed E-state index contributed by atoms with van der Waals surface area (Å²) in [4.78, 5) is 12.7. The lowest BCUT2D eigenvalue weighted by Gasteiger charge is -2.12. The van der Waals surface area contributed by atoms with Crippen molar-refractivity contribution in [2.24, 2.45) is 0 Å². The Bertz CT molecular complexity index is 982. The van der Waals surface area contributed by atoms with Crippen LogP contribution in [0.5, 0.6) is 5.75 Å². The number of anilines is 2. The maximum Gasteiger partial charge on any atom is 0.261 e. The first-order chi connectivity index (χ1) is 12.4. The highest BCUT2D eigenvalue weighted by Crippen LogP contribution is 2.29. The zero-order valence-corrected chi connectivity index (χ0v) is 15.5. The van der Waals surface area contributed by atoms with E-state index in [1.54, 1.807) is 22.9 Å². The quantitative estimate of drug-likeness (QED) is 0.727. The Morgan fingerprint density at radius 2 is 2.04 bits per heavy atom. The van der Waals surface area contributed by atoms with Gasteiger partial charge in [-0.15, -0.1) is 0 Å². The predicted molar refractivity (Wildman–Crippen MR) is 103 cm³/mol. The van der Waals surface area contributed by atoms with E-state index in [9.17, 15) is 4.79 Å². The molecule has 3 aromatic rings. The van der Waals surface area contributed by atoms with Crippen molar-refractivity contribution >= 4 is 29.0 Å². The first-order valence-corrected chi connectivity index (χ1v) is 8.35. The molecule has 3 rings (SSSR count). The number of halogens is 1. The van der Waals surface area contributed by atoms with E-state index < -0.39 is 0 Å². The third-order valence-corrected chi connectivity index (χ3v) is 4.50. The average molecular weight is 371 g/mol. The number of rotatable bonds is 4. The summed E-state index contributed by atoms with van der Waals surface area (Å²) in [5.74, 6) is 0.357. The number of hydrogen-bond acceptors (Lipinski definition) is 4. The van der Waals surface area contributed by atoms with E-state index >= 15 is 0 Å². The molecule has 1 aromatic heterocycles. The first-order valence-electron chi connectivity index (χ1n) is 7.97. The molecule has 7 heteroatoms. The number of carbonyl (C=O) groups excluding carboxylic acids is 1. The highest BCUT2D eigenvalue weighted by atomic mass is 35.5. The fourth-order valence-electron chi connectivity index (χ4n) is 2.65. The molecule has 134 valence electrons. The molecule has 0 fully saturated rings. The van der Waals surface area contributed by atoms with Crippen LogP contribution in [0.1, 0.15) is 21.5 Å². The number of carbonyl (C=O) groups is 1. The molecule has 0 saturated heterocycles. The van der Waals surface area contributed by atoms with Gasteiger partial charge in [-0.25, -0.2) is 4.68 Å². The van der Waals surface area contributed by atoms with Crippen LogP contribution in [-0.2, 0) is 0 Å². The Morgan fingerprint density at radius 1 is 1.27 bits per heavy atom. The van der Waals surface area contributed by atoms with E-state index in [0.29, 0.717) is 16.5 Å². The van der Waals surface area contributed by atoms with E-state index in [-0.39, 0.29) is 17.3 Å². The highest BCUT2D eigenvalue weighted by molar-refractivity contribution is 6.30. The lowest BCUT2D eigenvalue weighted by atomic mass is 10.1. The van der Waals surface area contributed by atoms with Gasteiger partial charge in [0, 0.05) is 11.1 Å². The average Bonchev–Trinajstić information content (AvgIpc) is 3.00. The largest absolute Gasteiger partial charge is 0.495 e. The number of nitrogens with one attached hydrogen (secondary N) is 1. The molecule has 0 radical (unpaired) electrons. The summed E-state index contributed by atoms with van der Waals surface area (Å²) < 4.78 is 6.81. The zero-order valence-electron chi connectivity index (χ0n) is 14.7. The number of nitrogen functional groups attached to an aromatic ring is 1. The Balaban J connectivity index is 1.93. The van der Waals surface area contributed by atoms with Crippen LogP contribution < -0.4 is 15.8 Å². The molecule has 3 N–H and O–H groups in total. The zero-order chi connectivity index (χ0) is 18.8. The van der Waals surface area contributed by atoms with Gasteiger partial charge in [0.1, 0.15) is 17.1 Å². The van der Waals surface area contributed by atoms with Crippen LogP contribution in [0.25, 0.3) is 5.69 Å². The van der Waals surface area contributed by atoms with Crippen molar-refractivity contribution in [3.63, 3.8) is 0 Å². The number of nitrogens with zero attached hydrogens (tertiary/aromatic N) is 2. The van der Waals surface area contributed by atoms with Gasteiger partial charge in [-0.1, -0.05) is 23.7 Å². The van der Waals surface area contributed by atoms with Crippen molar-refractivity contribution in [1.82, 2.24) is 9.78 Å². The van der Waals surface area contributed by atoms with Crippen LogP contribution >= 0.6 is 11.6 Å². The second-order valence-corrected chi connectivity index (χ2v) is 6.31. The lowest BCUT2D eigenvalue weighted by Crippen LogP contribution is -2.15. The smallest absolute Gasteiger partial charge is 0.261 e. The second kappa shape index (κ2) is 7.09. The second-order valence-electron chi connectivity index (χ2n) is 5.87. The summed E-state index contributed by atoms with van der Waals surface area (Å²) in [6, 6.07) is 10.8. The summed E-state index contributed by atoms with van der Waals surface area (Å²) in [6.07, 6.45) is 1.45. The van der Waals surface area contributed by atoms with Crippen molar-refractivity contribution in [3.8, 4) is 11.4 Å². The number of methoxy groups -OCH3 is 1. The minimum atomic E-state index is -0.375. The van der Waals surface area contributed by atoms with Crippen molar-refractivity contribution < 1.29 is 9.53 Å². The highest BCUT2D eigenvalue weighted by Gasteiger charge is 2.18. The Kier molecular flexibility index (Phi) is 4.86. The van der Waals surface area contributed by atoms with Crippen molar-refractivity contribution in [3.05, 3.63) is 64.3 Å². The predicted octanol–water partition coefficient (Wildman–Crippen LogP) is 3.99. The molecule has 1 heterocycles. The summed E-state index contributed by atoms with van der Waals surface area (Å²) in [7, 11) is 1.51. The number of benzene rings is 2. The van der Waals surface area contributed by atoms with Crippen molar-refractivity contribution in [2.45, 2.75) is 13.8 Å². The number of aromatic nitrogens is 2. The third kappa shape index (κ3) is 3.23. The Morgan fingerprint density at radius 3 is 2.77 bits per heavy atom. The molecule has 0 aliphatic rings. The molecule has 2 aromatic carbocycles. The molecule has 0 bridgehead atoms. The van der Waals surface area contributed by atoms with Gasteiger partial charge in [-0.3, -0.25) is 4.79 Å². The molecule has 0 saturated carbocycles. The maximum absolute atomic E-state index is 12.7. The van der Waals surface area contributed by atoms with E-state index in [1.807, 2.05) is 32.0 Å². The maximum atomic E-state index is 12.7. The Labute approximate surface area is 156 Å². The van der Waals surface area contributed by atoms with Gasteiger partial charge in [0.05, 0.1) is 24.7 Å². The van der Waals surface area contributed by atoms with E-state index in [4.69, 9.17) is 22.1 Å². The molecule has 0 aliphatic heterocycles. The van der Waals surface area contributed by atoms with Crippen LogP contribution in [0.3, 0.4) is 0 Å². The fraction of sp³-hybridized carbons (Fsp3) is 0.158. The van der Waals surface area contributed by atoms with Crippen LogP contribution in [0.4, 0.5) is 11.5 Å². The van der Waals surface area contributed by atoms with Crippen molar-refractivity contribution in [1.29, 1.82) is 0 Å². The number of ether oxygens (including phenoxy) is 1. The van der Waals surface area contributed by atoms with E-state index in [0.717, 1.165) is 16.8 Å². The van der Waals surface area contributed by atoms with Crippen LogP contribution in [-0.4, -0.2) is 22.8 Å². The normalized spacial score (nSPS) is 10.6. The standard InChI is InChI=1S/C19H19ClN4O2/c1-11-5-4-6-16(12(11)2)24-18(21)14(10-22-24)19(25)23-15-8-7-13(20)9-17(15)26-3/h4-10H,21H2,1-3H3,(H,23,25). The number of amides is 1. The van der Waals surface area contributed by atoms with Gasteiger partial charge in [0.15, 0.2) is 0 Å². The first kappa shape index (κ1) is 17.8. The van der Waals surface area contributed by atoms with Gasteiger partial charge in [0.2, 0.25) is 0 Å². The molecule has 1 amide bonds. The van der Waals surface area contributed by atoms with Crippen LogP contribution in [0.2, 0.25) is 5.02 Å².